The van der Waals surface area contributed by atoms with E-state index in [1.807, 2.05) is 11.4 Å². The number of hydrogen-bond acceptors (Lipinski definition) is 2. The van der Waals surface area contributed by atoms with Crippen LogP contribution in [0.3, 0.4) is 0 Å². The maximum absolute atomic E-state index is 11.5. The van der Waals surface area contributed by atoms with Crippen LogP contribution in [0.4, 0.5) is 0 Å². The lowest BCUT2D eigenvalue weighted by atomic mass is 10.3. The topological polar surface area (TPSA) is 29.1 Å². The van der Waals surface area contributed by atoms with Gasteiger partial charge >= 0.3 is 0 Å². The molecule has 1 aromatic rings. The van der Waals surface area contributed by atoms with E-state index in [4.69, 9.17) is 0 Å². The second-order valence-electron chi connectivity index (χ2n) is 2.96. The van der Waals surface area contributed by atoms with Gasteiger partial charge < -0.3 is 5.32 Å². The lowest BCUT2D eigenvalue weighted by Gasteiger charge is -2.04. The standard InChI is InChI=1S/C9H11BrINOS/c1-6(10)2-3-12-9(13)7-4-8(11)14-5-7/h4-6H,2-3H2,1H3,(H,12,13). The summed E-state index contributed by atoms with van der Waals surface area (Å²) in [6.45, 7) is 2.79. The molecule has 0 bridgehead atoms. The highest BCUT2D eigenvalue weighted by molar-refractivity contribution is 14.1. The molecule has 1 amide bonds. The SMILES string of the molecule is CC(Br)CCNC(=O)c1csc(I)c1. The molecule has 1 rings (SSSR count). The zero-order chi connectivity index (χ0) is 10.6. The van der Waals surface area contributed by atoms with Crippen LogP contribution in [0.5, 0.6) is 0 Å². The molecule has 1 heterocycles. The third-order valence-corrected chi connectivity index (χ3v) is 3.90. The Kier molecular flexibility index (Phi) is 5.40. The van der Waals surface area contributed by atoms with Gasteiger partial charge in [-0.2, -0.15) is 0 Å². The van der Waals surface area contributed by atoms with E-state index in [-0.39, 0.29) is 5.91 Å². The predicted molar refractivity (Wildman–Crippen MR) is 72.4 cm³/mol. The lowest BCUT2D eigenvalue weighted by molar-refractivity contribution is 0.0954. The highest BCUT2D eigenvalue weighted by Crippen LogP contribution is 2.16. The number of carbonyl (C=O) groups is 1. The molecule has 0 aliphatic heterocycles. The summed E-state index contributed by atoms with van der Waals surface area (Å²) < 4.78 is 1.14. The number of amides is 1. The zero-order valence-electron chi connectivity index (χ0n) is 7.72. The summed E-state index contributed by atoms with van der Waals surface area (Å²) in [7, 11) is 0. The van der Waals surface area contributed by atoms with Gasteiger partial charge in [0.25, 0.3) is 5.91 Å². The molecule has 0 aliphatic rings. The first-order valence-electron chi connectivity index (χ1n) is 4.26. The molecular weight excluding hydrogens is 377 g/mol. The van der Waals surface area contributed by atoms with Crippen molar-refractivity contribution in [2.45, 2.75) is 18.2 Å². The van der Waals surface area contributed by atoms with Crippen molar-refractivity contribution in [3.8, 4) is 0 Å². The summed E-state index contributed by atoms with van der Waals surface area (Å²) in [5.74, 6) is 0.0253. The van der Waals surface area contributed by atoms with Crippen LogP contribution in [0.15, 0.2) is 11.4 Å². The molecule has 0 spiro atoms. The molecule has 2 nitrogen and oxygen atoms in total. The molecule has 0 saturated carbocycles. The highest BCUT2D eigenvalue weighted by Gasteiger charge is 2.07. The normalized spacial score (nSPS) is 12.5. The number of thiophene rings is 1. The second-order valence-corrected chi connectivity index (χ2v) is 7.33. The van der Waals surface area contributed by atoms with Gasteiger partial charge in [0, 0.05) is 16.8 Å². The van der Waals surface area contributed by atoms with Crippen LogP contribution in [0.2, 0.25) is 0 Å². The van der Waals surface area contributed by atoms with E-state index in [9.17, 15) is 4.79 Å². The van der Waals surface area contributed by atoms with Gasteiger partial charge in [0.05, 0.1) is 8.45 Å². The number of halogens is 2. The summed E-state index contributed by atoms with van der Waals surface area (Å²) in [6.07, 6.45) is 0.951. The quantitative estimate of drug-likeness (QED) is 0.623. The summed E-state index contributed by atoms with van der Waals surface area (Å²) in [4.78, 5) is 12.0. The Morgan fingerprint density at radius 1 is 1.79 bits per heavy atom. The van der Waals surface area contributed by atoms with Crippen molar-refractivity contribution in [1.82, 2.24) is 5.32 Å². The average molecular weight is 388 g/mol. The molecule has 0 fully saturated rings. The first-order chi connectivity index (χ1) is 6.59. The third-order valence-electron chi connectivity index (χ3n) is 1.66. The molecule has 1 N–H and O–H groups in total. The van der Waals surface area contributed by atoms with Crippen molar-refractivity contribution in [3.05, 3.63) is 19.9 Å². The predicted octanol–water partition coefficient (Wildman–Crippen LogP) is 3.26. The molecule has 1 atom stereocenters. The van der Waals surface area contributed by atoms with Crippen LogP contribution in [-0.2, 0) is 0 Å². The minimum Gasteiger partial charge on any atom is -0.352 e. The number of carbonyl (C=O) groups excluding carboxylic acids is 1. The van der Waals surface area contributed by atoms with Crippen molar-refractivity contribution in [3.63, 3.8) is 0 Å². The van der Waals surface area contributed by atoms with Gasteiger partial charge in [-0.3, -0.25) is 4.79 Å². The van der Waals surface area contributed by atoms with Gasteiger partial charge in [0.15, 0.2) is 0 Å². The Morgan fingerprint density at radius 2 is 2.50 bits per heavy atom. The largest absolute Gasteiger partial charge is 0.352 e. The second kappa shape index (κ2) is 6.07. The van der Waals surface area contributed by atoms with Crippen molar-refractivity contribution in [2.24, 2.45) is 0 Å². The van der Waals surface area contributed by atoms with E-state index in [1.54, 1.807) is 11.3 Å². The molecule has 0 aromatic carbocycles. The summed E-state index contributed by atoms with van der Waals surface area (Å²) in [6, 6.07) is 1.90. The Balaban J connectivity index is 2.36. The molecule has 5 heteroatoms. The number of hydrogen-bond donors (Lipinski definition) is 1. The summed E-state index contributed by atoms with van der Waals surface area (Å²) >= 11 is 7.24. The van der Waals surface area contributed by atoms with Crippen molar-refractivity contribution >= 4 is 55.8 Å². The van der Waals surface area contributed by atoms with Gasteiger partial charge in [-0.05, 0) is 35.1 Å². The summed E-state index contributed by atoms with van der Waals surface area (Å²) in [5.41, 5.74) is 0.765. The zero-order valence-corrected chi connectivity index (χ0v) is 12.3. The van der Waals surface area contributed by atoms with Gasteiger partial charge in [-0.25, -0.2) is 0 Å². The van der Waals surface area contributed by atoms with Crippen LogP contribution in [0.25, 0.3) is 0 Å². The maximum atomic E-state index is 11.5. The minimum absolute atomic E-state index is 0.0253. The molecule has 14 heavy (non-hydrogen) atoms. The number of nitrogens with one attached hydrogen (secondary N) is 1. The van der Waals surface area contributed by atoms with Crippen LogP contribution < -0.4 is 5.32 Å². The number of alkyl halides is 1. The fourth-order valence-electron chi connectivity index (χ4n) is 0.916. The Morgan fingerprint density at radius 3 is 3.00 bits per heavy atom. The van der Waals surface area contributed by atoms with Gasteiger partial charge in [0.1, 0.15) is 0 Å². The van der Waals surface area contributed by atoms with E-state index in [0.29, 0.717) is 4.83 Å². The Bertz CT molecular complexity index is 314. The minimum atomic E-state index is 0.0253. The van der Waals surface area contributed by atoms with Gasteiger partial charge in [-0.1, -0.05) is 22.9 Å². The highest BCUT2D eigenvalue weighted by atomic mass is 127. The fraction of sp³-hybridized carbons (Fsp3) is 0.444. The lowest BCUT2D eigenvalue weighted by Crippen LogP contribution is -2.25. The number of rotatable bonds is 4. The Hall–Kier alpha value is 0.380. The molecule has 0 radical (unpaired) electrons. The van der Waals surface area contributed by atoms with Crippen LogP contribution in [0.1, 0.15) is 23.7 Å². The molecular formula is C9H11BrINOS. The first kappa shape index (κ1) is 12.4. The van der Waals surface area contributed by atoms with Gasteiger partial charge in [-0.15, -0.1) is 11.3 Å². The molecule has 0 saturated heterocycles. The molecule has 78 valence electrons. The van der Waals surface area contributed by atoms with E-state index in [2.05, 4.69) is 50.8 Å². The molecule has 1 aromatic heterocycles. The third kappa shape index (κ3) is 4.27. The molecule has 1 unspecified atom stereocenters. The van der Waals surface area contributed by atoms with Gasteiger partial charge in [0.2, 0.25) is 0 Å². The summed E-state index contributed by atoms with van der Waals surface area (Å²) in [5, 5.41) is 4.76. The van der Waals surface area contributed by atoms with Crippen LogP contribution >= 0.6 is 49.9 Å². The van der Waals surface area contributed by atoms with Crippen molar-refractivity contribution in [2.75, 3.05) is 6.54 Å². The monoisotopic (exact) mass is 387 g/mol. The fourth-order valence-corrected chi connectivity index (χ4v) is 2.47. The van der Waals surface area contributed by atoms with E-state index >= 15 is 0 Å². The Labute approximate surface area is 110 Å². The van der Waals surface area contributed by atoms with Crippen molar-refractivity contribution < 1.29 is 4.79 Å². The van der Waals surface area contributed by atoms with Crippen molar-refractivity contribution in [1.29, 1.82) is 0 Å². The van der Waals surface area contributed by atoms with Crippen LogP contribution in [0, 0.1) is 2.88 Å². The van der Waals surface area contributed by atoms with Crippen LogP contribution in [-0.4, -0.2) is 17.3 Å². The van der Waals surface area contributed by atoms with E-state index in [0.717, 1.165) is 21.4 Å². The average Bonchev–Trinajstić information content (AvgIpc) is 2.51. The smallest absolute Gasteiger partial charge is 0.252 e. The van der Waals surface area contributed by atoms with E-state index in [1.165, 1.54) is 0 Å². The molecule has 0 aliphatic carbocycles. The first-order valence-corrected chi connectivity index (χ1v) is 7.13. The van der Waals surface area contributed by atoms with E-state index < -0.39 is 0 Å². The maximum Gasteiger partial charge on any atom is 0.252 e.